The number of esters is 3. The number of allylic oxidation sites excluding steroid dienone is 4. The van der Waals surface area contributed by atoms with E-state index in [4.69, 9.17) is 14.2 Å². The van der Waals surface area contributed by atoms with Crippen molar-refractivity contribution in [3.05, 3.63) is 24.3 Å². The number of carbonyl (C=O) groups is 3. The molecule has 350 valence electrons. The predicted octanol–water partition coefficient (Wildman–Crippen LogP) is 13.4. The van der Waals surface area contributed by atoms with Crippen LogP contribution in [0.3, 0.4) is 0 Å². The van der Waals surface area contributed by atoms with Crippen molar-refractivity contribution in [2.45, 2.75) is 226 Å². The summed E-state index contributed by atoms with van der Waals surface area (Å²) >= 11 is 0. The fraction of sp³-hybridized carbons (Fsp3) is 0.865. The number of hydrogen-bond acceptors (Lipinski definition) is 8. The number of unbranched alkanes of at least 4 members (excludes halogenated alkanes) is 16. The minimum Gasteiger partial charge on any atom is -0.465 e. The number of likely N-dealkylation sites (N-methyl/N-ethyl adjacent to an activating group) is 1. The van der Waals surface area contributed by atoms with Crippen LogP contribution in [0.5, 0.6) is 0 Å². The average molecular weight is 845 g/mol. The third-order valence-corrected chi connectivity index (χ3v) is 12.6. The zero-order valence-corrected chi connectivity index (χ0v) is 40.0. The minimum absolute atomic E-state index is 0.000245. The van der Waals surface area contributed by atoms with Crippen molar-refractivity contribution in [2.75, 3.05) is 53.0 Å². The first-order valence-electron chi connectivity index (χ1n) is 25.5. The highest BCUT2D eigenvalue weighted by Crippen LogP contribution is 2.19. The molecule has 60 heavy (non-hydrogen) atoms. The van der Waals surface area contributed by atoms with Gasteiger partial charge in [-0.15, -0.1) is 0 Å². The van der Waals surface area contributed by atoms with Crippen LogP contribution in [0, 0.1) is 11.8 Å². The summed E-state index contributed by atoms with van der Waals surface area (Å²) < 4.78 is 17.0. The van der Waals surface area contributed by atoms with E-state index in [1.165, 1.54) is 64.2 Å². The largest absolute Gasteiger partial charge is 0.465 e. The van der Waals surface area contributed by atoms with Gasteiger partial charge in [0, 0.05) is 45.4 Å². The molecule has 0 aromatic heterocycles. The van der Waals surface area contributed by atoms with Gasteiger partial charge in [0.1, 0.15) is 6.10 Å². The molecule has 0 aromatic rings. The second-order valence-electron chi connectivity index (χ2n) is 17.9. The van der Waals surface area contributed by atoms with Gasteiger partial charge in [-0.3, -0.25) is 14.4 Å². The monoisotopic (exact) mass is 845 g/mol. The highest BCUT2D eigenvalue weighted by Gasteiger charge is 2.17. The Morgan fingerprint density at radius 1 is 0.467 bits per heavy atom. The van der Waals surface area contributed by atoms with Crippen molar-refractivity contribution in [3.63, 3.8) is 0 Å². The second kappa shape index (κ2) is 40.9. The van der Waals surface area contributed by atoms with Gasteiger partial charge in [0.25, 0.3) is 0 Å². The number of ether oxygens (including phenoxy) is 3. The van der Waals surface area contributed by atoms with E-state index in [9.17, 15) is 14.4 Å². The normalized spacial score (nSPS) is 14.1. The zero-order valence-electron chi connectivity index (χ0n) is 40.0. The van der Waals surface area contributed by atoms with Gasteiger partial charge in [-0.2, -0.15) is 0 Å². The topological polar surface area (TPSA) is 85.4 Å². The average Bonchev–Trinajstić information content (AvgIpc) is 3.25. The quantitative estimate of drug-likeness (QED) is 0.0260. The Hall–Kier alpha value is -2.19. The van der Waals surface area contributed by atoms with Crippen LogP contribution >= 0.6 is 0 Å². The molecule has 0 radical (unpaired) electrons. The van der Waals surface area contributed by atoms with Gasteiger partial charge >= 0.3 is 17.9 Å². The molecule has 8 nitrogen and oxygen atoms in total. The molecule has 1 fully saturated rings. The fourth-order valence-corrected chi connectivity index (χ4v) is 7.86. The molecule has 1 aliphatic rings. The van der Waals surface area contributed by atoms with E-state index in [2.05, 4.69) is 68.8 Å². The summed E-state index contributed by atoms with van der Waals surface area (Å²) in [5.74, 6) is 0.914. The van der Waals surface area contributed by atoms with Gasteiger partial charge in [0.2, 0.25) is 0 Å². The van der Waals surface area contributed by atoms with Crippen LogP contribution < -0.4 is 0 Å². The van der Waals surface area contributed by atoms with Gasteiger partial charge < -0.3 is 24.0 Å². The maximum absolute atomic E-state index is 12.9. The number of hydrogen-bond donors (Lipinski definition) is 0. The van der Waals surface area contributed by atoms with Gasteiger partial charge in [-0.1, -0.05) is 129 Å². The Labute approximate surface area is 370 Å². The van der Waals surface area contributed by atoms with Crippen LogP contribution in [0.1, 0.15) is 220 Å². The molecule has 0 N–H and O–H groups in total. The van der Waals surface area contributed by atoms with Gasteiger partial charge in [-0.25, -0.2) is 0 Å². The lowest BCUT2D eigenvalue weighted by atomic mass is 10.0. The maximum Gasteiger partial charge on any atom is 0.306 e. The molecule has 0 unspecified atom stereocenters. The van der Waals surface area contributed by atoms with E-state index < -0.39 is 0 Å². The van der Waals surface area contributed by atoms with Crippen molar-refractivity contribution in [2.24, 2.45) is 11.8 Å². The highest BCUT2D eigenvalue weighted by molar-refractivity contribution is 5.70. The Kier molecular flexibility index (Phi) is 38.0. The summed E-state index contributed by atoms with van der Waals surface area (Å²) in [6, 6.07) is 0. The van der Waals surface area contributed by atoms with E-state index in [1.807, 2.05) is 0 Å². The first-order valence-corrected chi connectivity index (χ1v) is 25.5. The van der Waals surface area contributed by atoms with E-state index >= 15 is 0 Å². The van der Waals surface area contributed by atoms with Crippen LogP contribution in [0.25, 0.3) is 0 Å². The lowest BCUT2D eigenvalue weighted by molar-refractivity contribution is -0.150. The van der Waals surface area contributed by atoms with Gasteiger partial charge in [-0.05, 0) is 122 Å². The Balaban J connectivity index is 2.18. The fourth-order valence-electron chi connectivity index (χ4n) is 7.86. The molecule has 0 atom stereocenters. The summed E-state index contributed by atoms with van der Waals surface area (Å²) in [6.45, 7) is 15.2. The SMILES string of the molecule is CCC(CC)COC(=O)CCCC/C=C\CCCCCCCCC(CCCCCCCC/C=C\CCCCC(=O)OCC(CC)CC)OC(=O)CCCN1CCN(C)CC1. The minimum atomic E-state index is -0.0410. The summed E-state index contributed by atoms with van der Waals surface area (Å²) in [5.41, 5.74) is 0. The third-order valence-electron chi connectivity index (χ3n) is 12.6. The van der Waals surface area contributed by atoms with Crippen molar-refractivity contribution in [1.29, 1.82) is 0 Å². The van der Waals surface area contributed by atoms with Gasteiger partial charge in [0.05, 0.1) is 13.2 Å². The molecule has 0 aliphatic carbocycles. The third kappa shape index (κ3) is 34.4. The molecule has 0 bridgehead atoms. The summed E-state index contributed by atoms with van der Waals surface area (Å²) in [4.78, 5) is 41.6. The molecule has 1 saturated heterocycles. The molecule has 0 aromatic carbocycles. The Morgan fingerprint density at radius 2 is 0.833 bits per heavy atom. The maximum atomic E-state index is 12.9. The van der Waals surface area contributed by atoms with Crippen LogP contribution in [0.2, 0.25) is 0 Å². The Morgan fingerprint density at radius 3 is 1.25 bits per heavy atom. The van der Waals surface area contributed by atoms with Crippen molar-refractivity contribution >= 4 is 17.9 Å². The van der Waals surface area contributed by atoms with Crippen LogP contribution in [-0.2, 0) is 28.6 Å². The summed E-state index contributed by atoms with van der Waals surface area (Å²) in [7, 11) is 2.18. The van der Waals surface area contributed by atoms with Crippen molar-refractivity contribution in [1.82, 2.24) is 9.80 Å². The second-order valence-corrected chi connectivity index (χ2v) is 17.9. The molecular weight excluding hydrogens is 749 g/mol. The van der Waals surface area contributed by atoms with Crippen molar-refractivity contribution < 1.29 is 28.6 Å². The number of nitrogens with zero attached hydrogens (tertiary/aromatic N) is 2. The lowest BCUT2D eigenvalue weighted by Gasteiger charge is -2.32. The summed E-state index contributed by atoms with van der Waals surface area (Å²) in [5, 5.41) is 0. The van der Waals surface area contributed by atoms with Crippen LogP contribution in [0.4, 0.5) is 0 Å². The van der Waals surface area contributed by atoms with Gasteiger partial charge in [0.15, 0.2) is 0 Å². The zero-order chi connectivity index (χ0) is 43.7. The predicted molar refractivity (Wildman–Crippen MR) is 252 cm³/mol. The molecule has 1 aliphatic heterocycles. The molecule has 0 amide bonds. The number of carbonyl (C=O) groups excluding carboxylic acids is 3. The molecule has 0 saturated carbocycles. The van der Waals surface area contributed by atoms with Crippen LogP contribution in [-0.4, -0.2) is 86.8 Å². The smallest absolute Gasteiger partial charge is 0.306 e. The summed E-state index contributed by atoms with van der Waals surface area (Å²) in [6.07, 6.45) is 41.1. The molecule has 1 rings (SSSR count). The van der Waals surface area contributed by atoms with Crippen LogP contribution in [0.15, 0.2) is 24.3 Å². The standard InChI is InChI=1S/C52H96N2O6/c1-6-47(7-2)45-58-50(55)37-32-28-24-20-16-12-10-14-18-22-26-30-35-49(60-52(57)39-34-40-54-43-41-53(5)42-44-54)36-31-27-23-19-15-11-13-17-21-25-29-33-38-51(56)59-46-48(8-3)9-4/h16-17,20-21,47-49H,6-15,18-19,22-46H2,1-5H3/b20-16-,21-17-. The van der Waals surface area contributed by atoms with Crippen molar-refractivity contribution in [3.8, 4) is 0 Å². The highest BCUT2D eigenvalue weighted by atomic mass is 16.5. The van der Waals surface area contributed by atoms with E-state index in [0.717, 1.165) is 142 Å². The molecular formula is C52H96N2O6. The first-order chi connectivity index (χ1) is 29.3. The first kappa shape index (κ1) is 55.8. The molecule has 0 spiro atoms. The Bertz CT molecular complexity index is 1000. The van der Waals surface area contributed by atoms with E-state index in [-0.39, 0.29) is 24.0 Å². The molecule has 1 heterocycles. The van der Waals surface area contributed by atoms with E-state index in [1.54, 1.807) is 0 Å². The number of piperazine rings is 1. The lowest BCUT2D eigenvalue weighted by Crippen LogP contribution is -2.44. The molecule has 8 heteroatoms. The number of rotatable bonds is 41. The van der Waals surface area contributed by atoms with E-state index in [0.29, 0.717) is 44.3 Å².